The largest absolute Gasteiger partial charge is 0.493 e. The van der Waals surface area contributed by atoms with Crippen LogP contribution >= 0.6 is 11.3 Å². The molecule has 2 aliphatic heterocycles. The van der Waals surface area contributed by atoms with Gasteiger partial charge in [0.05, 0.1) is 18.2 Å². The molecule has 0 spiro atoms. The molecule has 1 N–H and O–H groups in total. The van der Waals surface area contributed by atoms with Crippen LogP contribution in [0.4, 0.5) is 5.13 Å². The molecule has 3 heterocycles. The van der Waals surface area contributed by atoms with E-state index in [1.54, 1.807) is 0 Å². The summed E-state index contributed by atoms with van der Waals surface area (Å²) in [5.41, 5.74) is 2.02. The monoisotopic (exact) mass is 357 g/mol. The van der Waals surface area contributed by atoms with Crippen LogP contribution in [0, 0.1) is 0 Å². The molecule has 2 aromatic rings. The standard InChI is InChI=1S/C19H23N3O2S/c23-18(16-8-11-24-17-7-3-2-6-15(16)17)21-19-20-14(13-25-19)12-22-9-4-1-5-10-22/h2-3,6-7,13,16H,1,4-5,8-12H2,(H,20,21,23). The molecule has 1 aromatic heterocycles. The lowest BCUT2D eigenvalue weighted by Gasteiger charge is -2.25. The predicted octanol–water partition coefficient (Wildman–Crippen LogP) is 3.63. The number of nitrogens with one attached hydrogen (secondary N) is 1. The van der Waals surface area contributed by atoms with Crippen LogP contribution in [-0.2, 0) is 11.3 Å². The van der Waals surface area contributed by atoms with Crippen LogP contribution in [0.3, 0.4) is 0 Å². The first-order valence-corrected chi connectivity index (χ1v) is 9.87. The number of aromatic nitrogens is 1. The third-order valence-corrected chi connectivity index (χ3v) is 5.70. The fourth-order valence-electron chi connectivity index (χ4n) is 3.59. The number of carbonyl (C=O) groups is 1. The van der Waals surface area contributed by atoms with Crippen LogP contribution in [0.5, 0.6) is 5.75 Å². The van der Waals surface area contributed by atoms with Crippen molar-refractivity contribution in [1.82, 2.24) is 9.88 Å². The third kappa shape index (κ3) is 3.85. The highest BCUT2D eigenvalue weighted by Gasteiger charge is 2.28. The molecule has 0 aliphatic carbocycles. The third-order valence-electron chi connectivity index (χ3n) is 4.89. The molecule has 6 heteroatoms. The van der Waals surface area contributed by atoms with Crippen LogP contribution < -0.4 is 10.1 Å². The van der Waals surface area contributed by atoms with E-state index in [9.17, 15) is 4.79 Å². The van der Waals surface area contributed by atoms with E-state index in [0.717, 1.165) is 36.6 Å². The van der Waals surface area contributed by atoms with Crippen molar-refractivity contribution < 1.29 is 9.53 Å². The lowest BCUT2D eigenvalue weighted by molar-refractivity contribution is -0.118. The van der Waals surface area contributed by atoms with E-state index < -0.39 is 0 Å². The minimum Gasteiger partial charge on any atom is -0.493 e. The molecular formula is C19H23N3O2S. The minimum absolute atomic E-state index is 0.00891. The Kier molecular flexibility index (Phi) is 4.99. The highest BCUT2D eigenvalue weighted by molar-refractivity contribution is 7.13. The molecule has 2 aliphatic rings. The summed E-state index contributed by atoms with van der Waals surface area (Å²) in [5, 5.41) is 5.76. The van der Waals surface area contributed by atoms with Gasteiger partial charge in [-0.05, 0) is 38.4 Å². The van der Waals surface area contributed by atoms with Crippen molar-refractivity contribution in [2.24, 2.45) is 0 Å². The zero-order valence-corrected chi connectivity index (χ0v) is 15.1. The first kappa shape index (κ1) is 16.5. The van der Waals surface area contributed by atoms with E-state index in [0.29, 0.717) is 18.2 Å². The summed E-state index contributed by atoms with van der Waals surface area (Å²) in [7, 11) is 0. The quantitative estimate of drug-likeness (QED) is 0.908. The number of benzene rings is 1. The van der Waals surface area contributed by atoms with Crippen LogP contribution in [0.1, 0.15) is 42.9 Å². The van der Waals surface area contributed by atoms with Gasteiger partial charge in [0.25, 0.3) is 0 Å². The maximum atomic E-state index is 12.7. The molecule has 1 fully saturated rings. The Morgan fingerprint density at radius 2 is 2.12 bits per heavy atom. The molecule has 1 unspecified atom stereocenters. The smallest absolute Gasteiger partial charge is 0.233 e. The fourth-order valence-corrected chi connectivity index (χ4v) is 4.29. The number of rotatable bonds is 4. The van der Waals surface area contributed by atoms with E-state index in [4.69, 9.17) is 4.74 Å². The minimum atomic E-state index is -0.167. The number of thiazole rings is 1. The van der Waals surface area contributed by atoms with Gasteiger partial charge in [-0.25, -0.2) is 4.98 Å². The molecule has 0 bridgehead atoms. The number of amides is 1. The van der Waals surface area contributed by atoms with E-state index in [-0.39, 0.29) is 11.8 Å². The summed E-state index contributed by atoms with van der Waals surface area (Å²) in [4.78, 5) is 19.8. The summed E-state index contributed by atoms with van der Waals surface area (Å²) in [6.07, 6.45) is 4.59. The molecule has 5 nitrogen and oxygen atoms in total. The lowest BCUT2D eigenvalue weighted by atomic mass is 9.92. The van der Waals surface area contributed by atoms with Gasteiger partial charge in [-0.3, -0.25) is 9.69 Å². The number of hydrogen-bond donors (Lipinski definition) is 1. The zero-order valence-electron chi connectivity index (χ0n) is 14.2. The lowest BCUT2D eigenvalue weighted by Crippen LogP contribution is -2.29. The van der Waals surface area contributed by atoms with Crippen LogP contribution in [0.2, 0.25) is 0 Å². The summed E-state index contributed by atoms with van der Waals surface area (Å²) in [5.74, 6) is 0.660. The van der Waals surface area contributed by atoms with Crippen LogP contribution in [0.15, 0.2) is 29.6 Å². The zero-order chi connectivity index (χ0) is 17.1. The Balaban J connectivity index is 1.40. The second-order valence-corrected chi connectivity index (χ2v) is 7.56. The number of para-hydroxylation sites is 1. The van der Waals surface area contributed by atoms with Crippen molar-refractivity contribution in [2.75, 3.05) is 25.0 Å². The van der Waals surface area contributed by atoms with Gasteiger partial charge in [0, 0.05) is 17.5 Å². The van der Waals surface area contributed by atoms with Crippen molar-refractivity contribution in [2.45, 2.75) is 38.1 Å². The molecule has 1 atom stereocenters. The van der Waals surface area contributed by atoms with Crippen molar-refractivity contribution in [3.05, 3.63) is 40.9 Å². The Morgan fingerprint density at radius 1 is 1.28 bits per heavy atom. The molecule has 4 rings (SSSR count). The highest BCUT2D eigenvalue weighted by atomic mass is 32.1. The maximum absolute atomic E-state index is 12.7. The van der Waals surface area contributed by atoms with Crippen LogP contribution in [0.25, 0.3) is 0 Å². The van der Waals surface area contributed by atoms with Gasteiger partial charge in [-0.15, -0.1) is 11.3 Å². The van der Waals surface area contributed by atoms with E-state index >= 15 is 0 Å². The van der Waals surface area contributed by atoms with Gasteiger partial charge in [-0.2, -0.15) is 0 Å². The Bertz CT molecular complexity index is 740. The molecule has 25 heavy (non-hydrogen) atoms. The number of carbonyl (C=O) groups excluding carboxylic acids is 1. The SMILES string of the molecule is O=C(Nc1nc(CN2CCCCC2)cs1)C1CCOc2ccccc21. The van der Waals surface area contributed by atoms with Crippen molar-refractivity contribution in [3.63, 3.8) is 0 Å². The summed E-state index contributed by atoms with van der Waals surface area (Å²) >= 11 is 1.51. The first-order chi connectivity index (χ1) is 12.3. The van der Waals surface area contributed by atoms with E-state index in [1.807, 2.05) is 24.3 Å². The summed E-state index contributed by atoms with van der Waals surface area (Å²) in [6, 6.07) is 7.79. The molecule has 0 saturated carbocycles. The Labute approximate surface area is 152 Å². The normalized spacial score (nSPS) is 20.6. The highest BCUT2D eigenvalue weighted by Crippen LogP contribution is 2.34. The topological polar surface area (TPSA) is 54.5 Å². The van der Waals surface area contributed by atoms with Gasteiger partial charge >= 0.3 is 0 Å². The van der Waals surface area contributed by atoms with Gasteiger partial charge in [0.15, 0.2) is 5.13 Å². The second kappa shape index (κ2) is 7.54. The summed E-state index contributed by atoms with van der Waals surface area (Å²) in [6.45, 7) is 3.76. The summed E-state index contributed by atoms with van der Waals surface area (Å²) < 4.78 is 5.64. The molecule has 1 saturated heterocycles. The van der Waals surface area contributed by atoms with Gasteiger partial charge in [0.2, 0.25) is 5.91 Å². The van der Waals surface area contributed by atoms with E-state index in [2.05, 4.69) is 20.6 Å². The van der Waals surface area contributed by atoms with Crippen molar-refractivity contribution in [1.29, 1.82) is 0 Å². The molecule has 132 valence electrons. The predicted molar refractivity (Wildman–Crippen MR) is 99.2 cm³/mol. The maximum Gasteiger partial charge on any atom is 0.233 e. The number of hydrogen-bond acceptors (Lipinski definition) is 5. The Morgan fingerprint density at radius 3 is 3.00 bits per heavy atom. The molecule has 0 radical (unpaired) electrons. The number of ether oxygens (including phenoxy) is 1. The second-order valence-electron chi connectivity index (χ2n) is 6.70. The Hall–Kier alpha value is -1.92. The molecular weight excluding hydrogens is 334 g/mol. The first-order valence-electron chi connectivity index (χ1n) is 8.99. The average molecular weight is 357 g/mol. The van der Waals surface area contributed by atoms with Crippen LogP contribution in [-0.4, -0.2) is 35.5 Å². The van der Waals surface area contributed by atoms with Crippen molar-refractivity contribution in [3.8, 4) is 5.75 Å². The van der Waals surface area contributed by atoms with E-state index in [1.165, 1.54) is 30.6 Å². The average Bonchev–Trinajstić information content (AvgIpc) is 3.09. The number of nitrogens with zero attached hydrogens (tertiary/aromatic N) is 2. The number of likely N-dealkylation sites (tertiary alicyclic amines) is 1. The number of fused-ring (bicyclic) bond motifs is 1. The van der Waals surface area contributed by atoms with Gasteiger partial charge < -0.3 is 10.1 Å². The molecule has 1 aromatic carbocycles. The van der Waals surface area contributed by atoms with Crippen molar-refractivity contribution >= 4 is 22.4 Å². The number of piperidine rings is 1. The fraction of sp³-hybridized carbons (Fsp3) is 0.474. The molecule has 1 amide bonds. The van der Waals surface area contributed by atoms with Gasteiger partial charge in [0.1, 0.15) is 5.75 Å². The van der Waals surface area contributed by atoms with Gasteiger partial charge in [-0.1, -0.05) is 24.6 Å². The number of anilines is 1.